The maximum Gasteiger partial charge on any atom is 0.0992 e. The third-order valence-corrected chi connectivity index (χ3v) is 4.23. The maximum atomic E-state index is 9.38. The van der Waals surface area contributed by atoms with Gasteiger partial charge in [-0.2, -0.15) is 5.26 Å². The van der Waals surface area contributed by atoms with Gasteiger partial charge in [0, 0.05) is 24.2 Å². The first-order chi connectivity index (χ1) is 9.24. The van der Waals surface area contributed by atoms with E-state index in [-0.39, 0.29) is 6.61 Å². The van der Waals surface area contributed by atoms with Crippen molar-refractivity contribution in [3.8, 4) is 6.07 Å². The Labute approximate surface area is 119 Å². The molecule has 1 aromatic carbocycles. The number of halogens is 1. The second kappa shape index (κ2) is 6.91. The number of nitriles is 1. The highest BCUT2D eigenvalue weighted by atomic mass is 35.5. The summed E-state index contributed by atoms with van der Waals surface area (Å²) >= 11 is 6.16. The van der Waals surface area contributed by atoms with Crippen LogP contribution in [-0.4, -0.2) is 17.8 Å². The largest absolute Gasteiger partial charge is 0.396 e. The maximum absolute atomic E-state index is 9.38. The lowest BCUT2D eigenvalue weighted by atomic mass is 9.85. The summed E-state index contributed by atoms with van der Waals surface area (Å²) in [6, 6.07) is 7.82. The van der Waals surface area contributed by atoms with Crippen LogP contribution >= 0.6 is 11.6 Å². The van der Waals surface area contributed by atoms with E-state index in [1.807, 2.05) is 6.07 Å². The van der Waals surface area contributed by atoms with Crippen LogP contribution in [0.15, 0.2) is 18.2 Å². The van der Waals surface area contributed by atoms with Crippen molar-refractivity contribution in [1.82, 2.24) is 5.32 Å². The van der Waals surface area contributed by atoms with Crippen molar-refractivity contribution in [2.24, 2.45) is 5.92 Å². The Balaban J connectivity index is 1.96. The molecule has 4 heteroatoms. The molecular formula is C15H19ClN2O. The monoisotopic (exact) mass is 278 g/mol. The number of aliphatic hydroxyl groups excluding tert-OH is 1. The molecule has 1 aliphatic carbocycles. The lowest BCUT2D eigenvalue weighted by Gasteiger charge is -2.31. The van der Waals surface area contributed by atoms with Crippen LogP contribution < -0.4 is 5.32 Å². The number of aliphatic hydroxyl groups is 1. The van der Waals surface area contributed by atoms with Crippen molar-refractivity contribution >= 4 is 11.6 Å². The number of benzene rings is 1. The summed E-state index contributed by atoms with van der Waals surface area (Å²) in [7, 11) is 0. The summed E-state index contributed by atoms with van der Waals surface area (Å²) in [5.74, 6) is 0.353. The van der Waals surface area contributed by atoms with Gasteiger partial charge in [0.1, 0.15) is 0 Å². The molecule has 2 rings (SSSR count). The predicted molar refractivity (Wildman–Crippen MR) is 75.8 cm³/mol. The highest BCUT2D eigenvalue weighted by Crippen LogP contribution is 2.25. The fourth-order valence-electron chi connectivity index (χ4n) is 2.70. The van der Waals surface area contributed by atoms with Crippen molar-refractivity contribution in [2.45, 2.75) is 38.3 Å². The second-order valence-electron chi connectivity index (χ2n) is 5.13. The first-order valence-corrected chi connectivity index (χ1v) is 7.15. The Bertz CT molecular complexity index is 470. The number of rotatable bonds is 4. The summed E-state index contributed by atoms with van der Waals surface area (Å²) in [6.07, 6.45) is 4.63. The predicted octanol–water partition coefficient (Wildman–Crippen LogP) is 2.85. The van der Waals surface area contributed by atoms with E-state index in [4.69, 9.17) is 16.9 Å². The van der Waals surface area contributed by atoms with E-state index >= 15 is 0 Å². The molecule has 1 aromatic rings. The van der Waals surface area contributed by atoms with Crippen molar-refractivity contribution in [3.63, 3.8) is 0 Å². The van der Waals surface area contributed by atoms with Crippen LogP contribution in [0.4, 0.5) is 0 Å². The molecule has 0 saturated heterocycles. The minimum atomic E-state index is 0.249. The number of nitrogens with zero attached hydrogens (tertiary/aromatic N) is 1. The van der Waals surface area contributed by atoms with E-state index in [9.17, 15) is 5.11 Å². The molecule has 0 spiro atoms. The molecule has 19 heavy (non-hydrogen) atoms. The van der Waals surface area contributed by atoms with Gasteiger partial charge in [-0.3, -0.25) is 0 Å². The van der Waals surface area contributed by atoms with Gasteiger partial charge in [-0.15, -0.1) is 0 Å². The van der Waals surface area contributed by atoms with Gasteiger partial charge in [0.2, 0.25) is 0 Å². The average Bonchev–Trinajstić information content (AvgIpc) is 2.46. The fourth-order valence-corrected chi connectivity index (χ4v) is 2.94. The third kappa shape index (κ3) is 3.70. The summed E-state index contributed by atoms with van der Waals surface area (Å²) in [4.78, 5) is 0. The molecule has 0 aromatic heterocycles. The molecular weight excluding hydrogens is 260 g/mol. The fraction of sp³-hybridized carbons (Fsp3) is 0.533. The zero-order valence-corrected chi connectivity index (χ0v) is 11.7. The lowest BCUT2D eigenvalue weighted by molar-refractivity contribution is 0.152. The molecule has 0 amide bonds. The Kier molecular flexibility index (Phi) is 5.21. The molecule has 1 saturated carbocycles. The minimum Gasteiger partial charge on any atom is -0.396 e. The van der Waals surface area contributed by atoms with Gasteiger partial charge in [-0.1, -0.05) is 30.5 Å². The molecule has 0 aliphatic heterocycles. The number of nitrogens with one attached hydrogen (secondary N) is 1. The topological polar surface area (TPSA) is 56.0 Å². The van der Waals surface area contributed by atoms with E-state index in [1.165, 1.54) is 12.8 Å². The Morgan fingerprint density at radius 1 is 1.37 bits per heavy atom. The molecule has 2 N–H and O–H groups in total. The highest BCUT2D eigenvalue weighted by Gasteiger charge is 2.23. The molecule has 1 aliphatic rings. The molecule has 1 fully saturated rings. The molecule has 3 nitrogen and oxygen atoms in total. The molecule has 0 radical (unpaired) electrons. The van der Waals surface area contributed by atoms with Crippen LogP contribution in [0, 0.1) is 17.2 Å². The van der Waals surface area contributed by atoms with Crippen LogP contribution in [0.1, 0.15) is 36.8 Å². The van der Waals surface area contributed by atoms with E-state index in [2.05, 4.69) is 11.4 Å². The van der Waals surface area contributed by atoms with Crippen LogP contribution in [-0.2, 0) is 6.54 Å². The Morgan fingerprint density at radius 2 is 2.16 bits per heavy atom. The van der Waals surface area contributed by atoms with Gasteiger partial charge in [0.05, 0.1) is 11.6 Å². The summed E-state index contributed by atoms with van der Waals surface area (Å²) in [5, 5.41) is 22.3. The standard InChI is InChI=1S/C15H19ClN2O/c16-14-7-11(8-17)5-6-12(14)9-18-15-4-2-1-3-13(15)10-19/h5-7,13,15,18-19H,1-4,9-10H2. The second-order valence-corrected chi connectivity index (χ2v) is 5.54. The van der Waals surface area contributed by atoms with Crippen LogP contribution in [0.3, 0.4) is 0 Å². The van der Waals surface area contributed by atoms with Gasteiger partial charge in [-0.05, 0) is 36.5 Å². The first kappa shape index (κ1) is 14.3. The van der Waals surface area contributed by atoms with E-state index in [1.54, 1.807) is 12.1 Å². The summed E-state index contributed by atoms with van der Waals surface area (Å²) < 4.78 is 0. The van der Waals surface area contributed by atoms with Gasteiger partial charge in [0.15, 0.2) is 0 Å². The van der Waals surface area contributed by atoms with E-state index in [0.29, 0.717) is 29.1 Å². The normalized spacial score (nSPS) is 23.0. The Morgan fingerprint density at radius 3 is 2.84 bits per heavy atom. The summed E-state index contributed by atoms with van der Waals surface area (Å²) in [5.41, 5.74) is 1.59. The van der Waals surface area contributed by atoms with Crippen molar-refractivity contribution in [2.75, 3.05) is 6.61 Å². The SMILES string of the molecule is N#Cc1ccc(CNC2CCCCC2CO)c(Cl)c1. The zero-order chi connectivity index (χ0) is 13.7. The lowest BCUT2D eigenvalue weighted by Crippen LogP contribution is -2.39. The van der Waals surface area contributed by atoms with Gasteiger partial charge >= 0.3 is 0 Å². The Hall–Kier alpha value is -1.08. The zero-order valence-electron chi connectivity index (χ0n) is 10.9. The van der Waals surface area contributed by atoms with Crippen LogP contribution in [0.5, 0.6) is 0 Å². The molecule has 2 atom stereocenters. The first-order valence-electron chi connectivity index (χ1n) is 6.77. The van der Waals surface area contributed by atoms with Crippen LogP contribution in [0.2, 0.25) is 5.02 Å². The third-order valence-electron chi connectivity index (χ3n) is 3.88. The highest BCUT2D eigenvalue weighted by molar-refractivity contribution is 6.31. The van der Waals surface area contributed by atoms with E-state index in [0.717, 1.165) is 18.4 Å². The molecule has 102 valence electrons. The molecule has 0 heterocycles. The van der Waals surface area contributed by atoms with Gasteiger partial charge in [0.25, 0.3) is 0 Å². The van der Waals surface area contributed by atoms with Crippen molar-refractivity contribution < 1.29 is 5.11 Å². The number of hydrogen-bond acceptors (Lipinski definition) is 3. The van der Waals surface area contributed by atoms with Crippen molar-refractivity contribution in [3.05, 3.63) is 34.3 Å². The van der Waals surface area contributed by atoms with Crippen molar-refractivity contribution in [1.29, 1.82) is 5.26 Å². The van der Waals surface area contributed by atoms with Gasteiger partial charge in [-0.25, -0.2) is 0 Å². The number of hydrogen-bond donors (Lipinski definition) is 2. The smallest absolute Gasteiger partial charge is 0.0992 e. The minimum absolute atomic E-state index is 0.249. The van der Waals surface area contributed by atoms with E-state index < -0.39 is 0 Å². The summed E-state index contributed by atoms with van der Waals surface area (Å²) in [6.45, 7) is 0.935. The molecule has 0 bridgehead atoms. The molecule has 2 unspecified atom stereocenters. The quantitative estimate of drug-likeness (QED) is 0.890. The average molecular weight is 279 g/mol. The van der Waals surface area contributed by atoms with Gasteiger partial charge < -0.3 is 10.4 Å². The van der Waals surface area contributed by atoms with Crippen LogP contribution in [0.25, 0.3) is 0 Å².